The van der Waals surface area contributed by atoms with Gasteiger partial charge in [0, 0.05) is 50.3 Å². The Kier molecular flexibility index (Phi) is 4.71. The number of hydrogen-bond donors (Lipinski definition) is 0. The van der Waals surface area contributed by atoms with Gasteiger partial charge in [-0.15, -0.1) is 0 Å². The van der Waals surface area contributed by atoms with E-state index in [0.717, 1.165) is 43.6 Å². The molecule has 1 amide bonds. The van der Waals surface area contributed by atoms with Crippen molar-refractivity contribution in [3.63, 3.8) is 0 Å². The number of amides is 1. The topological polar surface area (TPSA) is 52.6 Å². The van der Waals surface area contributed by atoms with Crippen molar-refractivity contribution >= 4 is 29.3 Å². The minimum Gasteiger partial charge on any atom is -0.356 e. The van der Waals surface area contributed by atoms with Gasteiger partial charge in [-0.25, -0.2) is 9.97 Å². The van der Waals surface area contributed by atoms with Crippen LogP contribution in [0.2, 0.25) is 0 Å². The van der Waals surface area contributed by atoms with Crippen molar-refractivity contribution < 1.29 is 4.79 Å². The molecule has 1 aromatic heterocycles. The van der Waals surface area contributed by atoms with Crippen LogP contribution < -0.4 is 9.80 Å². The minimum absolute atomic E-state index is 0.145. The van der Waals surface area contributed by atoms with Gasteiger partial charge in [-0.3, -0.25) is 4.79 Å². The van der Waals surface area contributed by atoms with Crippen LogP contribution >= 0.6 is 11.8 Å². The second-order valence-corrected chi connectivity index (χ2v) is 7.47. The first-order chi connectivity index (χ1) is 10.6. The zero-order valence-corrected chi connectivity index (χ0v) is 14.1. The van der Waals surface area contributed by atoms with Crippen LogP contribution in [0, 0.1) is 0 Å². The first kappa shape index (κ1) is 15.4. The smallest absolute Gasteiger partial charge is 0.241 e. The lowest BCUT2D eigenvalue weighted by Gasteiger charge is -2.33. The second kappa shape index (κ2) is 6.73. The van der Waals surface area contributed by atoms with E-state index in [0.29, 0.717) is 11.8 Å². The molecule has 0 aromatic carbocycles. The standard InChI is InChI=1S/C15H23N5OS/c1-12-3-4-19(7-8-22-12)13-9-14(17-11-16-13)20-6-5-18(2)15(21)10-20/h9,11-12H,3-8,10H2,1-2H3. The highest BCUT2D eigenvalue weighted by Gasteiger charge is 2.23. The van der Waals surface area contributed by atoms with Gasteiger partial charge in [-0.1, -0.05) is 6.92 Å². The Labute approximate surface area is 135 Å². The summed E-state index contributed by atoms with van der Waals surface area (Å²) in [6, 6.07) is 2.03. The summed E-state index contributed by atoms with van der Waals surface area (Å²) in [6.07, 6.45) is 2.80. The Hall–Kier alpha value is -1.50. The number of rotatable bonds is 2. The summed E-state index contributed by atoms with van der Waals surface area (Å²) < 4.78 is 0. The molecule has 2 fully saturated rings. The van der Waals surface area contributed by atoms with Crippen LogP contribution in [0.4, 0.5) is 11.6 Å². The predicted molar refractivity (Wildman–Crippen MR) is 90.6 cm³/mol. The molecule has 120 valence electrons. The van der Waals surface area contributed by atoms with Crippen LogP contribution in [0.5, 0.6) is 0 Å². The van der Waals surface area contributed by atoms with Crippen molar-refractivity contribution in [2.45, 2.75) is 18.6 Å². The van der Waals surface area contributed by atoms with Gasteiger partial charge in [-0.05, 0) is 6.42 Å². The number of likely N-dealkylation sites (N-methyl/N-ethyl adjacent to an activating group) is 1. The van der Waals surface area contributed by atoms with Gasteiger partial charge >= 0.3 is 0 Å². The Morgan fingerprint density at radius 3 is 2.68 bits per heavy atom. The van der Waals surface area contributed by atoms with Gasteiger partial charge in [0.05, 0.1) is 6.54 Å². The molecule has 0 radical (unpaired) electrons. The van der Waals surface area contributed by atoms with E-state index in [-0.39, 0.29) is 5.91 Å². The van der Waals surface area contributed by atoms with Crippen molar-refractivity contribution in [2.75, 3.05) is 55.3 Å². The van der Waals surface area contributed by atoms with Crippen LogP contribution in [0.25, 0.3) is 0 Å². The Bertz CT molecular complexity index is 540. The first-order valence-corrected chi connectivity index (χ1v) is 8.86. The Morgan fingerprint density at radius 2 is 1.91 bits per heavy atom. The molecule has 0 aliphatic carbocycles. The zero-order chi connectivity index (χ0) is 15.5. The number of hydrogen-bond acceptors (Lipinski definition) is 6. The molecule has 2 saturated heterocycles. The molecule has 0 N–H and O–H groups in total. The maximum Gasteiger partial charge on any atom is 0.241 e. The highest BCUT2D eigenvalue weighted by atomic mass is 32.2. The van der Waals surface area contributed by atoms with Gasteiger partial charge in [0.15, 0.2) is 0 Å². The van der Waals surface area contributed by atoms with Crippen LogP contribution in [0.3, 0.4) is 0 Å². The molecule has 0 bridgehead atoms. The fraction of sp³-hybridized carbons (Fsp3) is 0.667. The van der Waals surface area contributed by atoms with Gasteiger partial charge < -0.3 is 14.7 Å². The maximum atomic E-state index is 11.9. The molecule has 2 aliphatic heterocycles. The lowest BCUT2D eigenvalue weighted by Crippen LogP contribution is -2.48. The van der Waals surface area contributed by atoms with Crippen molar-refractivity contribution in [2.24, 2.45) is 0 Å². The van der Waals surface area contributed by atoms with E-state index in [4.69, 9.17) is 0 Å². The van der Waals surface area contributed by atoms with Crippen molar-refractivity contribution in [3.05, 3.63) is 12.4 Å². The number of carbonyl (C=O) groups excluding carboxylic acids is 1. The molecule has 0 saturated carbocycles. The first-order valence-electron chi connectivity index (χ1n) is 7.81. The van der Waals surface area contributed by atoms with E-state index in [1.54, 1.807) is 11.2 Å². The third-order valence-corrected chi connectivity index (χ3v) is 5.54. The van der Waals surface area contributed by atoms with E-state index < -0.39 is 0 Å². The van der Waals surface area contributed by atoms with E-state index in [2.05, 4.69) is 21.8 Å². The number of carbonyl (C=O) groups is 1. The number of aromatic nitrogens is 2. The zero-order valence-electron chi connectivity index (χ0n) is 13.2. The van der Waals surface area contributed by atoms with E-state index in [9.17, 15) is 4.79 Å². The molecule has 1 atom stereocenters. The largest absolute Gasteiger partial charge is 0.356 e. The number of nitrogens with zero attached hydrogens (tertiary/aromatic N) is 5. The SMILES string of the molecule is CC1CCN(c2cc(N3CCN(C)C(=O)C3)ncn2)CCS1. The second-order valence-electron chi connectivity index (χ2n) is 5.93. The molecule has 1 aromatic rings. The third kappa shape index (κ3) is 3.45. The summed E-state index contributed by atoms with van der Waals surface area (Å²) in [5.74, 6) is 3.11. The van der Waals surface area contributed by atoms with Crippen molar-refractivity contribution in [3.8, 4) is 0 Å². The molecule has 3 rings (SSSR count). The van der Waals surface area contributed by atoms with E-state index >= 15 is 0 Å². The summed E-state index contributed by atoms with van der Waals surface area (Å²) in [5.41, 5.74) is 0. The summed E-state index contributed by atoms with van der Waals surface area (Å²) in [5, 5.41) is 0.710. The van der Waals surface area contributed by atoms with Crippen LogP contribution in [0.15, 0.2) is 12.4 Å². The summed E-state index contributed by atoms with van der Waals surface area (Å²) in [4.78, 5) is 26.8. The Morgan fingerprint density at radius 1 is 1.14 bits per heavy atom. The molecular weight excluding hydrogens is 298 g/mol. The molecule has 0 spiro atoms. The van der Waals surface area contributed by atoms with Gasteiger partial charge in [0.1, 0.15) is 18.0 Å². The summed E-state index contributed by atoms with van der Waals surface area (Å²) >= 11 is 2.02. The highest BCUT2D eigenvalue weighted by molar-refractivity contribution is 7.99. The predicted octanol–water partition coefficient (Wildman–Crippen LogP) is 1.09. The normalized spacial score (nSPS) is 23.6. The average Bonchev–Trinajstić information content (AvgIpc) is 2.75. The van der Waals surface area contributed by atoms with Crippen LogP contribution in [-0.2, 0) is 4.79 Å². The van der Waals surface area contributed by atoms with E-state index in [1.807, 2.05) is 29.8 Å². The average molecular weight is 321 g/mol. The molecule has 6 nitrogen and oxygen atoms in total. The number of anilines is 2. The monoisotopic (exact) mass is 321 g/mol. The lowest BCUT2D eigenvalue weighted by molar-refractivity contribution is -0.129. The molecule has 22 heavy (non-hydrogen) atoms. The van der Waals surface area contributed by atoms with Gasteiger partial charge in [0.2, 0.25) is 5.91 Å². The lowest BCUT2D eigenvalue weighted by atomic mass is 10.3. The quantitative estimate of drug-likeness (QED) is 0.813. The molecule has 2 aliphatic rings. The van der Waals surface area contributed by atoms with Crippen molar-refractivity contribution in [1.82, 2.24) is 14.9 Å². The Balaban J connectivity index is 1.73. The van der Waals surface area contributed by atoms with Crippen molar-refractivity contribution in [1.29, 1.82) is 0 Å². The fourth-order valence-corrected chi connectivity index (χ4v) is 3.76. The van der Waals surface area contributed by atoms with Crippen LogP contribution in [-0.4, -0.2) is 71.5 Å². The highest BCUT2D eigenvalue weighted by Crippen LogP contribution is 2.24. The third-order valence-electron chi connectivity index (χ3n) is 4.31. The van der Waals surface area contributed by atoms with E-state index in [1.165, 1.54) is 6.42 Å². The fourth-order valence-electron chi connectivity index (χ4n) is 2.76. The maximum absolute atomic E-state index is 11.9. The molecule has 3 heterocycles. The molecular formula is C15H23N5OS. The van der Waals surface area contributed by atoms with Gasteiger partial charge in [0.25, 0.3) is 0 Å². The minimum atomic E-state index is 0.145. The number of piperazine rings is 1. The summed E-state index contributed by atoms with van der Waals surface area (Å²) in [7, 11) is 1.85. The molecule has 7 heteroatoms. The summed E-state index contributed by atoms with van der Waals surface area (Å²) in [6.45, 7) is 6.32. The molecule has 1 unspecified atom stereocenters. The number of thioether (sulfide) groups is 1. The van der Waals surface area contributed by atoms with Gasteiger partial charge in [-0.2, -0.15) is 11.8 Å². The van der Waals surface area contributed by atoms with Crippen LogP contribution in [0.1, 0.15) is 13.3 Å².